The maximum Gasteiger partial charge on any atom is 0.137 e. The Morgan fingerprint density at radius 3 is 0.757 bits per heavy atom. The van der Waals surface area contributed by atoms with Crippen molar-refractivity contribution in [2.75, 3.05) is 19.6 Å². The van der Waals surface area contributed by atoms with E-state index < -0.39 is 0 Å². The molecule has 10 heteroatoms. The lowest BCUT2D eigenvalue weighted by Crippen LogP contribution is -2.14. The molecule has 22 aromatic carbocycles. The van der Waals surface area contributed by atoms with Crippen LogP contribution in [0.1, 0.15) is 0 Å². The molecule has 0 saturated carbocycles. The molecular formula is C130H87N7O3. The Hall–Kier alpha value is -18.9. The van der Waals surface area contributed by atoms with Crippen molar-refractivity contribution in [3.05, 3.63) is 528 Å². The molecule has 6 aromatic heterocycles. The molecule has 140 heavy (non-hydrogen) atoms. The number of fused-ring (bicyclic) bond motifs is 7. The van der Waals surface area contributed by atoms with Crippen LogP contribution in [0.5, 0.6) is 0 Å². The maximum atomic E-state index is 6.70. The third kappa shape index (κ3) is 14.3. The largest absolute Gasteiger partial charge is 0.456 e. The number of benzene rings is 22. The molecular weight excluding hydrogens is 1710 g/mol. The maximum absolute atomic E-state index is 6.70. The van der Waals surface area contributed by atoms with Crippen molar-refractivity contribution in [1.82, 2.24) is 13.7 Å². The number of rotatable bonds is 16. The molecule has 0 atom stereocenters. The summed E-state index contributed by atoms with van der Waals surface area (Å²) in [6, 6.07) is 187. The first-order valence-electron chi connectivity index (χ1n) is 47.5. The Morgan fingerprint density at radius 1 is 0.143 bits per heavy atom. The SMILES string of the molecule is c1ccc(-c2ccc(N(c3ccccc3)c3ccc(-n4c5cccc6oc7ccccc7c7cccc4c7c65)cc3)cc2)cc1.c1ccc(N(c2ccc(-n3c4cccc5oc6ccccc6c6cccc3c6c54)cc2)c2cccc3ccccc23)cc1.c1ccc(N(c2ccccc2)c2cc(N(c3ccccc3)c3ccccc3)cc(-n3c4cccc5oc6ccccc6c6cccc3c6c54)c2)cc1. The van der Waals surface area contributed by atoms with Crippen molar-refractivity contribution in [1.29, 1.82) is 0 Å². The van der Waals surface area contributed by atoms with Crippen molar-refractivity contribution in [2.45, 2.75) is 0 Å². The number of nitrogens with zero attached hydrogens (tertiary/aromatic N) is 7. The first kappa shape index (κ1) is 81.8. The van der Waals surface area contributed by atoms with Crippen LogP contribution < -0.4 is 19.6 Å². The number of hydrogen-bond donors (Lipinski definition) is 0. The fraction of sp³-hybridized carbons (Fsp3) is 0. The molecule has 0 aliphatic heterocycles. The smallest absolute Gasteiger partial charge is 0.137 e. The molecule has 0 N–H and O–H groups in total. The number of anilines is 12. The van der Waals surface area contributed by atoms with Gasteiger partial charge in [0.1, 0.15) is 33.5 Å². The van der Waals surface area contributed by atoms with Crippen LogP contribution in [-0.2, 0) is 0 Å². The van der Waals surface area contributed by atoms with Gasteiger partial charge in [0.15, 0.2) is 0 Å². The molecule has 10 nitrogen and oxygen atoms in total. The van der Waals surface area contributed by atoms with E-state index in [0.717, 1.165) is 173 Å². The molecule has 6 heterocycles. The van der Waals surface area contributed by atoms with Crippen molar-refractivity contribution in [2.24, 2.45) is 0 Å². The van der Waals surface area contributed by atoms with Crippen LogP contribution in [0.2, 0.25) is 0 Å². The van der Waals surface area contributed by atoms with E-state index in [-0.39, 0.29) is 0 Å². The highest BCUT2D eigenvalue weighted by Gasteiger charge is 2.28. The molecule has 0 spiro atoms. The number of para-hydroxylation sites is 9. The second-order valence-electron chi connectivity index (χ2n) is 35.4. The molecule has 0 aliphatic carbocycles. The first-order valence-corrected chi connectivity index (χ1v) is 47.5. The summed E-state index contributed by atoms with van der Waals surface area (Å²) in [4.78, 5) is 9.34. The second-order valence-corrected chi connectivity index (χ2v) is 35.4. The minimum Gasteiger partial charge on any atom is -0.456 e. The summed E-state index contributed by atoms with van der Waals surface area (Å²) in [6.07, 6.45) is 0. The van der Waals surface area contributed by atoms with E-state index in [9.17, 15) is 0 Å². The van der Waals surface area contributed by atoms with Gasteiger partial charge >= 0.3 is 0 Å². The topological polar surface area (TPSA) is 67.2 Å². The van der Waals surface area contributed by atoms with Gasteiger partial charge in [0.05, 0.1) is 72.0 Å². The highest BCUT2D eigenvalue weighted by Crippen LogP contribution is 2.50. The minimum absolute atomic E-state index is 0.862. The second kappa shape index (κ2) is 34.8. The van der Waals surface area contributed by atoms with Crippen LogP contribution in [0.25, 0.3) is 170 Å². The van der Waals surface area contributed by atoms with Crippen molar-refractivity contribution in [3.63, 3.8) is 0 Å². The van der Waals surface area contributed by atoms with E-state index in [1.54, 1.807) is 0 Å². The van der Waals surface area contributed by atoms with Gasteiger partial charge in [0.2, 0.25) is 0 Å². The highest BCUT2D eigenvalue weighted by atomic mass is 16.3. The van der Waals surface area contributed by atoms with Crippen LogP contribution >= 0.6 is 0 Å². The summed E-state index contributed by atoms with van der Waals surface area (Å²) in [7, 11) is 0. The lowest BCUT2D eigenvalue weighted by atomic mass is 10.0. The summed E-state index contributed by atoms with van der Waals surface area (Å²) in [5.41, 5.74) is 30.9. The Morgan fingerprint density at radius 2 is 0.386 bits per heavy atom. The van der Waals surface area contributed by atoms with Crippen LogP contribution in [0.3, 0.4) is 0 Å². The van der Waals surface area contributed by atoms with Crippen LogP contribution in [0.4, 0.5) is 68.2 Å². The summed E-state index contributed by atoms with van der Waals surface area (Å²) in [5.74, 6) is 0. The van der Waals surface area contributed by atoms with E-state index >= 15 is 0 Å². The monoisotopic (exact) mass is 1790 g/mol. The molecule has 660 valence electrons. The van der Waals surface area contributed by atoms with Gasteiger partial charge in [-0.1, -0.05) is 297 Å². The van der Waals surface area contributed by atoms with Crippen LogP contribution in [0, 0.1) is 0 Å². The first-order chi connectivity index (χ1) is 69.5. The zero-order chi connectivity index (χ0) is 92.5. The summed E-state index contributed by atoms with van der Waals surface area (Å²) < 4.78 is 26.9. The zero-order valence-electron chi connectivity index (χ0n) is 76.1. The Labute approximate surface area is 807 Å². The normalized spacial score (nSPS) is 11.6. The average Bonchev–Trinajstić information content (AvgIpc) is 1.57. The summed E-state index contributed by atoms with van der Waals surface area (Å²) in [5, 5.41) is 16.4. The van der Waals surface area contributed by atoms with E-state index in [1.807, 2.05) is 18.2 Å². The molecule has 0 aliphatic rings. The predicted molar refractivity (Wildman–Crippen MR) is 586 cm³/mol. The molecule has 0 radical (unpaired) electrons. The number of aromatic nitrogens is 3. The van der Waals surface area contributed by atoms with Gasteiger partial charge in [0.25, 0.3) is 0 Å². The van der Waals surface area contributed by atoms with E-state index in [1.165, 1.54) is 65.3 Å². The van der Waals surface area contributed by atoms with E-state index in [4.69, 9.17) is 13.3 Å². The Bertz CT molecular complexity index is 9300. The van der Waals surface area contributed by atoms with Gasteiger partial charge in [-0.2, -0.15) is 0 Å². The van der Waals surface area contributed by atoms with Crippen molar-refractivity contribution in [3.8, 4) is 28.2 Å². The van der Waals surface area contributed by atoms with Gasteiger partial charge in [-0.05, 0) is 263 Å². The van der Waals surface area contributed by atoms with Gasteiger partial charge in [-0.3, -0.25) is 0 Å². The lowest BCUT2D eigenvalue weighted by Gasteiger charge is -2.30. The average molecular weight is 1800 g/mol. The minimum atomic E-state index is 0.862. The highest BCUT2D eigenvalue weighted by molar-refractivity contribution is 6.30. The Kier molecular flexibility index (Phi) is 20.4. The fourth-order valence-corrected chi connectivity index (χ4v) is 21.2. The lowest BCUT2D eigenvalue weighted by molar-refractivity contribution is 0.663. The molecule has 0 saturated heterocycles. The molecule has 0 bridgehead atoms. The van der Waals surface area contributed by atoms with Gasteiger partial charge in [-0.15, -0.1) is 0 Å². The number of hydrogen-bond acceptors (Lipinski definition) is 7. The molecule has 0 unspecified atom stereocenters. The standard InChI is InChI=1S/C48H33N3O.C42H28N2O.C40H26N2O/c1-5-17-34(18-6-1)49(35-19-7-2-8-20-35)38-31-39(50(36-21-9-3-10-22-36)37-23-11-4-12-24-37)33-40(32-38)51-43-27-15-26-42-41-25-13-14-29-45(41)52-46-30-16-28-44(51)48(46)47(42)43;1-3-11-29(12-4-1)30-21-23-32(24-22-30)43(31-13-5-2-6-14-31)33-25-27-34(28-26-33)44-37-17-9-16-36-35-15-7-8-19-39(35)45-40-20-10-18-38(44)42(40)41(36)37;1-2-13-28(14-3-1)41(34-18-8-12-27-11-4-5-15-31(27)34)29-23-25-30(26-24-29)42-35-19-9-17-33-32-16-6-7-21-37(32)43-38-22-10-20-36(42)40(38)39(33)35/h1-33H;1-28H;1-26H. The summed E-state index contributed by atoms with van der Waals surface area (Å²) in [6.45, 7) is 0. The van der Waals surface area contributed by atoms with Crippen LogP contribution in [0.15, 0.2) is 541 Å². The van der Waals surface area contributed by atoms with Gasteiger partial charge in [0, 0.05) is 100 Å². The van der Waals surface area contributed by atoms with E-state index in [2.05, 4.69) is 543 Å². The van der Waals surface area contributed by atoms with Crippen LogP contribution in [-0.4, -0.2) is 13.7 Å². The molecule has 0 fully saturated rings. The Balaban J connectivity index is 0.000000109. The zero-order valence-corrected chi connectivity index (χ0v) is 76.1. The van der Waals surface area contributed by atoms with Gasteiger partial charge < -0.3 is 46.6 Å². The molecule has 0 amide bonds. The van der Waals surface area contributed by atoms with E-state index in [0.29, 0.717) is 0 Å². The summed E-state index contributed by atoms with van der Waals surface area (Å²) >= 11 is 0. The van der Waals surface area contributed by atoms with Gasteiger partial charge in [-0.25, -0.2) is 0 Å². The molecule has 28 rings (SSSR count). The molecule has 28 aromatic rings. The predicted octanol–water partition coefficient (Wildman–Crippen LogP) is 36.7. The van der Waals surface area contributed by atoms with Crippen molar-refractivity contribution >= 4 is 210 Å². The third-order valence-electron chi connectivity index (χ3n) is 27.2. The third-order valence-corrected chi connectivity index (χ3v) is 27.2. The fourth-order valence-electron chi connectivity index (χ4n) is 21.2. The van der Waals surface area contributed by atoms with Crippen molar-refractivity contribution < 1.29 is 13.3 Å². The quantitative estimate of drug-likeness (QED) is 0.0955.